The zero-order valence-electron chi connectivity index (χ0n) is 13.2. The standard InChI is InChI=1S/C19H18N2O2/c1-13-11-15-7-3-5-9-17(15)21(13)19(22)14(2)23-18-10-6-4-8-16(18)12-20/h3-10,13-14H,11H2,1-2H3. The van der Waals surface area contributed by atoms with Gasteiger partial charge in [-0.15, -0.1) is 0 Å². The fraction of sp³-hybridized carbons (Fsp3) is 0.263. The van der Waals surface area contributed by atoms with Crippen molar-refractivity contribution in [1.82, 2.24) is 0 Å². The molecule has 0 N–H and O–H groups in total. The molecule has 0 aliphatic carbocycles. The second kappa shape index (κ2) is 6.13. The van der Waals surface area contributed by atoms with Crippen LogP contribution in [0.2, 0.25) is 0 Å². The fourth-order valence-electron chi connectivity index (χ4n) is 3.00. The van der Waals surface area contributed by atoms with Crippen LogP contribution in [0.1, 0.15) is 25.0 Å². The van der Waals surface area contributed by atoms with Gasteiger partial charge in [-0.05, 0) is 44.0 Å². The van der Waals surface area contributed by atoms with E-state index in [9.17, 15) is 4.79 Å². The lowest BCUT2D eigenvalue weighted by Gasteiger charge is -2.26. The summed E-state index contributed by atoms with van der Waals surface area (Å²) in [6.07, 6.45) is 0.196. The van der Waals surface area contributed by atoms with Gasteiger partial charge in [0.25, 0.3) is 5.91 Å². The predicted molar refractivity (Wildman–Crippen MR) is 88.3 cm³/mol. The van der Waals surface area contributed by atoms with Crippen molar-refractivity contribution in [2.75, 3.05) is 4.90 Å². The largest absolute Gasteiger partial charge is 0.479 e. The Morgan fingerprint density at radius 3 is 2.74 bits per heavy atom. The SMILES string of the molecule is CC(Oc1ccccc1C#N)C(=O)N1c2ccccc2CC1C. The van der Waals surface area contributed by atoms with E-state index in [1.165, 1.54) is 5.56 Å². The third-order valence-corrected chi connectivity index (χ3v) is 4.10. The molecule has 1 heterocycles. The Hall–Kier alpha value is -2.80. The normalized spacial score (nSPS) is 17.3. The number of benzene rings is 2. The van der Waals surface area contributed by atoms with E-state index < -0.39 is 6.10 Å². The number of amides is 1. The monoisotopic (exact) mass is 306 g/mol. The Labute approximate surface area is 135 Å². The summed E-state index contributed by atoms with van der Waals surface area (Å²) in [6.45, 7) is 3.76. The molecule has 116 valence electrons. The van der Waals surface area contributed by atoms with E-state index in [0.717, 1.165) is 12.1 Å². The Bertz CT molecular complexity index is 779. The lowest BCUT2D eigenvalue weighted by Crippen LogP contribution is -2.43. The van der Waals surface area contributed by atoms with Gasteiger partial charge in [0.05, 0.1) is 5.56 Å². The summed E-state index contributed by atoms with van der Waals surface area (Å²) >= 11 is 0. The van der Waals surface area contributed by atoms with Gasteiger partial charge in [-0.2, -0.15) is 5.26 Å². The summed E-state index contributed by atoms with van der Waals surface area (Å²) in [4.78, 5) is 14.6. The van der Waals surface area contributed by atoms with Crippen molar-refractivity contribution in [2.45, 2.75) is 32.4 Å². The Morgan fingerprint density at radius 1 is 1.26 bits per heavy atom. The number of hydrogen-bond donors (Lipinski definition) is 0. The number of anilines is 1. The molecule has 2 unspecified atom stereocenters. The number of hydrogen-bond acceptors (Lipinski definition) is 3. The lowest BCUT2D eigenvalue weighted by atomic mass is 10.1. The summed E-state index contributed by atoms with van der Waals surface area (Å²) in [6, 6.07) is 17.1. The first-order valence-electron chi connectivity index (χ1n) is 7.68. The van der Waals surface area contributed by atoms with Crippen LogP contribution in [0.4, 0.5) is 5.69 Å². The van der Waals surface area contributed by atoms with Crippen LogP contribution in [-0.2, 0) is 11.2 Å². The second-order valence-corrected chi connectivity index (χ2v) is 5.76. The molecule has 4 nitrogen and oxygen atoms in total. The van der Waals surface area contributed by atoms with Crippen LogP contribution in [0.25, 0.3) is 0 Å². The highest BCUT2D eigenvalue weighted by Gasteiger charge is 2.34. The summed E-state index contributed by atoms with van der Waals surface area (Å²) < 4.78 is 5.76. The highest BCUT2D eigenvalue weighted by molar-refractivity contribution is 5.99. The van der Waals surface area contributed by atoms with Crippen molar-refractivity contribution < 1.29 is 9.53 Å². The number of fused-ring (bicyclic) bond motifs is 1. The van der Waals surface area contributed by atoms with Gasteiger partial charge in [0.1, 0.15) is 11.8 Å². The minimum Gasteiger partial charge on any atom is -0.479 e. The molecular weight excluding hydrogens is 288 g/mol. The Kier molecular flexibility index (Phi) is 4.03. The van der Waals surface area contributed by atoms with Gasteiger partial charge in [0.15, 0.2) is 6.10 Å². The quantitative estimate of drug-likeness (QED) is 0.874. The molecule has 1 amide bonds. The van der Waals surface area contributed by atoms with Crippen LogP contribution < -0.4 is 9.64 Å². The first-order valence-corrected chi connectivity index (χ1v) is 7.68. The van der Waals surface area contributed by atoms with Crippen LogP contribution in [0.3, 0.4) is 0 Å². The number of rotatable bonds is 3. The van der Waals surface area contributed by atoms with Crippen molar-refractivity contribution in [2.24, 2.45) is 0 Å². The van der Waals surface area contributed by atoms with Crippen molar-refractivity contribution in [3.63, 3.8) is 0 Å². The fourth-order valence-corrected chi connectivity index (χ4v) is 3.00. The molecule has 2 aromatic rings. The van der Waals surface area contributed by atoms with Crippen LogP contribution in [0, 0.1) is 11.3 Å². The average Bonchev–Trinajstić information content (AvgIpc) is 2.90. The van der Waals surface area contributed by atoms with Crippen molar-refractivity contribution in [3.05, 3.63) is 59.7 Å². The zero-order chi connectivity index (χ0) is 16.4. The maximum Gasteiger partial charge on any atom is 0.268 e. The van der Waals surface area contributed by atoms with Gasteiger partial charge in [-0.1, -0.05) is 30.3 Å². The topological polar surface area (TPSA) is 53.3 Å². The average molecular weight is 306 g/mol. The maximum atomic E-state index is 12.8. The number of carbonyl (C=O) groups excluding carboxylic acids is 1. The van der Waals surface area contributed by atoms with E-state index in [1.807, 2.05) is 25.1 Å². The molecule has 0 radical (unpaired) electrons. The van der Waals surface area contributed by atoms with Gasteiger partial charge in [-0.3, -0.25) is 4.79 Å². The Balaban J connectivity index is 1.82. The molecule has 0 spiro atoms. The number of nitriles is 1. The predicted octanol–water partition coefficient (Wildman–Crippen LogP) is 3.30. The van der Waals surface area contributed by atoms with Crippen LogP contribution in [0.5, 0.6) is 5.75 Å². The summed E-state index contributed by atoms with van der Waals surface area (Å²) in [5, 5.41) is 9.13. The van der Waals surface area contributed by atoms with Crippen molar-refractivity contribution in [1.29, 1.82) is 5.26 Å². The molecule has 2 aromatic carbocycles. The number of nitrogens with zero attached hydrogens (tertiary/aromatic N) is 2. The smallest absolute Gasteiger partial charge is 0.268 e. The third-order valence-electron chi connectivity index (χ3n) is 4.10. The molecule has 0 saturated carbocycles. The molecule has 0 fully saturated rings. The molecule has 23 heavy (non-hydrogen) atoms. The first-order chi connectivity index (χ1) is 11.1. The summed E-state index contributed by atoms with van der Waals surface area (Å²) in [5.41, 5.74) is 2.56. The molecule has 0 saturated heterocycles. The van der Waals surface area contributed by atoms with Gasteiger partial charge in [-0.25, -0.2) is 0 Å². The van der Waals surface area contributed by atoms with E-state index in [4.69, 9.17) is 10.00 Å². The highest BCUT2D eigenvalue weighted by Crippen LogP contribution is 2.32. The summed E-state index contributed by atoms with van der Waals surface area (Å²) in [7, 11) is 0. The number of ether oxygens (including phenoxy) is 1. The molecule has 3 rings (SSSR count). The van der Waals surface area contributed by atoms with Crippen molar-refractivity contribution in [3.8, 4) is 11.8 Å². The van der Waals surface area contributed by atoms with Gasteiger partial charge >= 0.3 is 0 Å². The molecule has 1 aliphatic heterocycles. The highest BCUT2D eigenvalue weighted by atomic mass is 16.5. The maximum absolute atomic E-state index is 12.8. The van der Waals surface area contributed by atoms with E-state index in [-0.39, 0.29) is 11.9 Å². The van der Waals surface area contributed by atoms with E-state index >= 15 is 0 Å². The van der Waals surface area contributed by atoms with Crippen LogP contribution in [0.15, 0.2) is 48.5 Å². The molecule has 4 heteroatoms. The van der Waals surface area contributed by atoms with E-state index in [2.05, 4.69) is 12.1 Å². The van der Waals surface area contributed by atoms with E-state index in [0.29, 0.717) is 11.3 Å². The zero-order valence-corrected chi connectivity index (χ0v) is 13.2. The lowest BCUT2D eigenvalue weighted by molar-refractivity contribution is -0.124. The number of carbonyl (C=O) groups is 1. The van der Waals surface area contributed by atoms with Crippen LogP contribution in [-0.4, -0.2) is 18.1 Å². The first kappa shape index (κ1) is 15.1. The minimum atomic E-state index is -0.655. The number of para-hydroxylation sites is 2. The molecule has 2 atom stereocenters. The van der Waals surface area contributed by atoms with Crippen molar-refractivity contribution >= 4 is 11.6 Å². The molecule has 1 aliphatic rings. The third kappa shape index (κ3) is 2.78. The Morgan fingerprint density at radius 2 is 1.96 bits per heavy atom. The molecular formula is C19H18N2O2. The minimum absolute atomic E-state index is 0.0878. The second-order valence-electron chi connectivity index (χ2n) is 5.76. The van der Waals surface area contributed by atoms with Gasteiger partial charge < -0.3 is 9.64 Å². The molecule has 0 bridgehead atoms. The van der Waals surface area contributed by atoms with E-state index in [1.54, 1.807) is 36.1 Å². The van der Waals surface area contributed by atoms with Gasteiger partial charge in [0.2, 0.25) is 0 Å². The summed E-state index contributed by atoms with van der Waals surface area (Å²) in [5.74, 6) is 0.353. The molecule has 0 aromatic heterocycles. The van der Waals surface area contributed by atoms with Gasteiger partial charge in [0, 0.05) is 11.7 Å². The van der Waals surface area contributed by atoms with Crippen LogP contribution >= 0.6 is 0 Å².